The summed E-state index contributed by atoms with van der Waals surface area (Å²) in [7, 11) is -3.90. The molecule has 4 nitrogen and oxygen atoms in total. The summed E-state index contributed by atoms with van der Waals surface area (Å²) >= 11 is 10.3. The van der Waals surface area contributed by atoms with E-state index >= 15 is 0 Å². The van der Waals surface area contributed by atoms with Gasteiger partial charge in [0.05, 0.1) is 16.5 Å². The number of rotatable bonds is 5. The van der Waals surface area contributed by atoms with Crippen LogP contribution in [0, 0.1) is 5.82 Å². The molecule has 1 heterocycles. The number of benzene rings is 1. The van der Waals surface area contributed by atoms with Crippen LogP contribution in [0.1, 0.15) is 10.4 Å². The third-order valence-electron chi connectivity index (χ3n) is 2.67. The SMILES string of the molecule is O=S(=O)(NCc1sccc1Br)c1cc(F)c(Cl)c(CO)c1. The van der Waals surface area contributed by atoms with E-state index in [1.54, 1.807) is 6.07 Å². The van der Waals surface area contributed by atoms with Crippen LogP contribution in [0.5, 0.6) is 0 Å². The highest BCUT2D eigenvalue weighted by Crippen LogP contribution is 2.26. The summed E-state index contributed by atoms with van der Waals surface area (Å²) < 4.78 is 41.1. The van der Waals surface area contributed by atoms with Gasteiger partial charge in [-0.05, 0) is 39.5 Å². The van der Waals surface area contributed by atoms with Gasteiger partial charge in [-0.25, -0.2) is 17.5 Å². The smallest absolute Gasteiger partial charge is 0.241 e. The fourth-order valence-corrected chi connectivity index (χ4v) is 4.33. The van der Waals surface area contributed by atoms with E-state index in [0.29, 0.717) is 0 Å². The minimum absolute atomic E-state index is 0.0225. The van der Waals surface area contributed by atoms with Crippen LogP contribution in [-0.2, 0) is 23.2 Å². The molecule has 1 aromatic carbocycles. The van der Waals surface area contributed by atoms with Crippen LogP contribution in [-0.4, -0.2) is 13.5 Å². The highest BCUT2D eigenvalue weighted by Gasteiger charge is 2.19. The lowest BCUT2D eigenvalue weighted by Crippen LogP contribution is -2.23. The molecule has 9 heteroatoms. The van der Waals surface area contributed by atoms with Crippen LogP contribution in [0.2, 0.25) is 5.02 Å². The Hall–Kier alpha value is -0.510. The molecular formula is C12H10BrClFNO3S2. The molecule has 2 aromatic rings. The van der Waals surface area contributed by atoms with Gasteiger partial charge >= 0.3 is 0 Å². The largest absolute Gasteiger partial charge is 0.392 e. The highest BCUT2D eigenvalue weighted by molar-refractivity contribution is 9.10. The van der Waals surface area contributed by atoms with Gasteiger partial charge in [-0.1, -0.05) is 11.6 Å². The fraction of sp³-hybridized carbons (Fsp3) is 0.167. The maximum atomic E-state index is 13.6. The van der Waals surface area contributed by atoms with Crippen LogP contribution in [0.15, 0.2) is 32.9 Å². The molecule has 0 spiro atoms. The van der Waals surface area contributed by atoms with Crippen LogP contribution < -0.4 is 4.72 Å². The average Bonchev–Trinajstić information content (AvgIpc) is 2.85. The van der Waals surface area contributed by atoms with E-state index in [9.17, 15) is 12.8 Å². The molecule has 0 amide bonds. The first-order valence-electron chi connectivity index (χ1n) is 5.65. The van der Waals surface area contributed by atoms with Crippen molar-refractivity contribution >= 4 is 48.9 Å². The molecule has 21 heavy (non-hydrogen) atoms. The number of halogens is 3. The first kappa shape index (κ1) is 16.9. The number of thiophene rings is 1. The second-order valence-electron chi connectivity index (χ2n) is 4.05. The van der Waals surface area contributed by atoms with Crippen molar-refractivity contribution in [3.05, 3.63) is 49.3 Å². The molecule has 0 unspecified atom stereocenters. The fourth-order valence-electron chi connectivity index (χ4n) is 1.58. The second-order valence-corrected chi connectivity index (χ2v) is 8.05. The zero-order chi connectivity index (χ0) is 15.6. The number of nitrogens with one attached hydrogen (secondary N) is 1. The molecule has 0 aliphatic heterocycles. The standard InChI is InChI=1S/C12H10BrClFNO3S2/c13-9-1-2-20-11(9)5-16-21(18,19)8-3-7(6-17)12(14)10(15)4-8/h1-4,16-17H,5-6H2. The Bertz CT molecular complexity index is 764. The van der Waals surface area contributed by atoms with E-state index in [4.69, 9.17) is 16.7 Å². The van der Waals surface area contributed by atoms with Crippen molar-refractivity contribution < 1.29 is 17.9 Å². The molecule has 0 aliphatic carbocycles. The van der Waals surface area contributed by atoms with Gasteiger partial charge in [0.15, 0.2) is 0 Å². The zero-order valence-electron chi connectivity index (χ0n) is 10.4. The van der Waals surface area contributed by atoms with Gasteiger partial charge in [-0.2, -0.15) is 0 Å². The lowest BCUT2D eigenvalue weighted by molar-refractivity contribution is 0.281. The topological polar surface area (TPSA) is 66.4 Å². The number of hydrogen-bond acceptors (Lipinski definition) is 4. The Balaban J connectivity index is 2.27. The molecule has 0 fully saturated rings. The minimum atomic E-state index is -3.90. The Morgan fingerprint density at radius 2 is 2.14 bits per heavy atom. The van der Waals surface area contributed by atoms with Crippen molar-refractivity contribution in [3.8, 4) is 0 Å². The molecule has 0 bridgehead atoms. The van der Waals surface area contributed by atoms with Gasteiger partial charge in [-0.3, -0.25) is 0 Å². The first-order valence-corrected chi connectivity index (χ1v) is 9.19. The van der Waals surface area contributed by atoms with E-state index in [1.165, 1.54) is 11.3 Å². The summed E-state index contributed by atoms with van der Waals surface area (Å²) in [6, 6.07) is 3.78. The van der Waals surface area contributed by atoms with Crippen molar-refractivity contribution in [1.29, 1.82) is 0 Å². The van der Waals surface area contributed by atoms with E-state index < -0.39 is 22.4 Å². The Labute approximate surface area is 138 Å². The van der Waals surface area contributed by atoms with Crippen molar-refractivity contribution in [1.82, 2.24) is 4.72 Å². The van der Waals surface area contributed by atoms with Crippen molar-refractivity contribution in [3.63, 3.8) is 0 Å². The normalized spacial score (nSPS) is 11.8. The first-order chi connectivity index (χ1) is 9.85. The van der Waals surface area contributed by atoms with Gasteiger partial charge in [0.2, 0.25) is 10.0 Å². The van der Waals surface area contributed by atoms with Gasteiger partial charge < -0.3 is 5.11 Å². The van der Waals surface area contributed by atoms with Crippen molar-refractivity contribution in [2.45, 2.75) is 18.0 Å². The van der Waals surface area contributed by atoms with Gasteiger partial charge in [0.1, 0.15) is 5.82 Å². The zero-order valence-corrected chi connectivity index (χ0v) is 14.4. The van der Waals surface area contributed by atoms with E-state index in [-0.39, 0.29) is 22.0 Å². The maximum absolute atomic E-state index is 13.6. The molecule has 0 saturated carbocycles. The lowest BCUT2D eigenvalue weighted by atomic mass is 10.2. The van der Waals surface area contributed by atoms with Crippen molar-refractivity contribution in [2.75, 3.05) is 0 Å². The maximum Gasteiger partial charge on any atom is 0.241 e. The molecule has 2 rings (SSSR count). The summed E-state index contributed by atoms with van der Waals surface area (Å²) in [4.78, 5) is 0.525. The van der Waals surface area contributed by atoms with E-state index in [2.05, 4.69) is 20.7 Å². The summed E-state index contributed by atoms with van der Waals surface area (Å²) in [5, 5.41) is 10.6. The van der Waals surface area contributed by atoms with Crippen molar-refractivity contribution in [2.24, 2.45) is 0 Å². The van der Waals surface area contributed by atoms with Crippen LogP contribution in [0.25, 0.3) is 0 Å². The summed E-state index contributed by atoms with van der Waals surface area (Å²) in [5.41, 5.74) is 0.0225. The molecule has 0 saturated heterocycles. The van der Waals surface area contributed by atoms with Crippen LogP contribution in [0.4, 0.5) is 4.39 Å². The van der Waals surface area contributed by atoms with Gasteiger partial charge in [0, 0.05) is 21.5 Å². The minimum Gasteiger partial charge on any atom is -0.392 e. The summed E-state index contributed by atoms with van der Waals surface area (Å²) in [6.07, 6.45) is 0. The molecule has 0 radical (unpaired) electrons. The average molecular weight is 415 g/mol. The number of aliphatic hydroxyl groups excluding tert-OH is 1. The highest BCUT2D eigenvalue weighted by atomic mass is 79.9. The predicted octanol–water partition coefficient (Wildman–Crippen LogP) is 3.27. The second kappa shape index (κ2) is 6.72. The predicted molar refractivity (Wildman–Crippen MR) is 83.4 cm³/mol. The summed E-state index contributed by atoms with van der Waals surface area (Å²) in [6.45, 7) is -0.463. The molecule has 1 aromatic heterocycles. The third-order valence-corrected chi connectivity index (χ3v) is 6.40. The van der Waals surface area contributed by atoms with Gasteiger partial charge in [0.25, 0.3) is 0 Å². The van der Waals surface area contributed by atoms with E-state index in [1.807, 2.05) is 5.38 Å². The monoisotopic (exact) mass is 413 g/mol. The number of aliphatic hydroxyl groups is 1. The van der Waals surface area contributed by atoms with E-state index in [0.717, 1.165) is 21.5 Å². The quantitative estimate of drug-likeness (QED) is 0.789. The van der Waals surface area contributed by atoms with Gasteiger partial charge in [-0.15, -0.1) is 11.3 Å². The lowest BCUT2D eigenvalue weighted by Gasteiger charge is -2.09. The Morgan fingerprint density at radius 3 is 2.71 bits per heavy atom. The molecule has 0 atom stereocenters. The molecule has 0 aliphatic rings. The van der Waals surface area contributed by atoms with Crippen LogP contribution >= 0.6 is 38.9 Å². The Morgan fingerprint density at radius 1 is 1.43 bits per heavy atom. The molecule has 2 N–H and O–H groups in total. The summed E-state index contributed by atoms with van der Waals surface area (Å²) in [5.74, 6) is -0.888. The third kappa shape index (κ3) is 3.82. The van der Waals surface area contributed by atoms with Crippen LogP contribution in [0.3, 0.4) is 0 Å². The number of hydrogen-bond donors (Lipinski definition) is 2. The molecule has 114 valence electrons. The number of sulfonamides is 1. The molecular weight excluding hydrogens is 405 g/mol. The Kier molecular flexibility index (Phi) is 5.39.